The molecular weight excluding hydrogens is 248 g/mol. The Morgan fingerprint density at radius 1 is 1.58 bits per heavy atom. The van der Waals surface area contributed by atoms with Crippen molar-refractivity contribution < 1.29 is 32.7 Å². The van der Waals surface area contributed by atoms with Crippen LogP contribution < -0.4 is 0 Å². The number of aryl methyl sites for hydroxylation is 1. The minimum atomic E-state index is 0. The van der Waals surface area contributed by atoms with Crippen LogP contribution in [-0.2, 0) is 32.7 Å². The Balaban J connectivity index is 0.000000720. The summed E-state index contributed by atoms with van der Waals surface area (Å²) in [5.41, 5.74) is 2.91. The van der Waals surface area contributed by atoms with Gasteiger partial charge in [-0.15, -0.1) is 12.1 Å². The fourth-order valence-electron chi connectivity index (χ4n) is 1.03. The summed E-state index contributed by atoms with van der Waals surface area (Å²) < 4.78 is 0. The van der Waals surface area contributed by atoms with Gasteiger partial charge in [-0.3, -0.25) is 4.98 Å². The summed E-state index contributed by atoms with van der Waals surface area (Å²) in [6.45, 7) is 1.98. The van der Waals surface area contributed by atoms with Crippen LogP contribution in [0.3, 0.4) is 0 Å². The second-order valence-corrected chi connectivity index (χ2v) is 2.80. The second kappa shape index (κ2) is 3.86. The summed E-state index contributed by atoms with van der Waals surface area (Å²) in [5, 5.41) is 0.430. The monoisotopic (exact) mass is 254 g/mol. The van der Waals surface area contributed by atoms with E-state index in [1.165, 1.54) is 0 Å². The maximum Gasteiger partial charge on any atom is 0.186 e. The minimum Gasteiger partial charge on any atom is -0.352 e. The Kier molecular flexibility index (Phi) is 3.27. The van der Waals surface area contributed by atoms with E-state index in [9.17, 15) is 0 Å². The first-order valence-corrected chi connectivity index (χ1v) is 3.67. The number of hydrogen-bond donors (Lipinski definition) is 1. The van der Waals surface area contributed by atoms with Crippen LogP contribution in [0.5, 0.6) is 0 Å². The van der Waals surface area contributed by atoms with Gasteiger partial charge in [0, 0.05) is 32.7 Å². The number of rotatable bonds is 0. The van der Waals surface area contributed by atoms with Gasteiger partial charge in [0.1, 0.15) is 0 Å². The largest absolute Gasteiger partial charge is 0.352 e. The quantitative estimate of drug-likeness (QED) is 0.718. The van der Waals surface area contributed by atoms with Gasteiger partial charge in [0.15, 0.2) is 5.28 Å². The third-order valence-corrected chi connectivity index (χ3v) is 1.71. The van der Waals surface area contributed by atoms with Crippen molar-refractivity contribution in [3.8, 4) is 0 Å². The third kappa shape index (κ3) is 1.87. The van der Waals surface area contributed by atoms with Crippen LogP contribution in [0.4, 0.5) is 0 Å². The minimum absolute atomic E-state index is 0. The van der Waals surface area contributed by atoms with Crippen molar-refractivity contribution in [3.63, 3.8) is 0 Å². The number of nitrogens with zero attached hydrogens (tertiary/aromatic N) is 1. The molecule has 2 rings (SSSR count). The van der Waals surface area contributed by atoms with Crippen LogP contribution >= 0.6 is 11.6 Å². The smallest absolute Gasteiger partial charge is 0.186 e. The number of imidazole rings is 1. The standard InChI is InChI=1S/C8H6ClN2.Y/c1-5-2-3-6-7(4-5)11-8(9)10-6;/h3-4H,1H3,(H,10,11);/q-1;. The molecule has 12 heavy (non-hydrogen) atoms. The Labute approximate surface area is 101 Å². The molecule has 0 saturated carbocycles. The van der Waals surface area contributed by atoms with Crippen molar-refractivity contribution in [1.82, 2.24) is 9.97 Å². The molecule has 0 bridgehead atoms. The molecule has 1 aromatic carbocycles. The molecule has 2 aromatic rings. The SMILES string of the molecule is Cc1[c-]cc2nc(Cl)[nH]c2c1.[Y]. The molecule has 1 heterocycles. The predicted octanol–water partition coefficient (Wildman–Crippen LogP) is 2.32. The van der Waals surface area contributed by atoms with Crippen molar-refractivity contribution in [2.45, 2.75) is 6.92 Å². The molecule has 0 fully saturated rings. The van der Waals surface area contributed by atoms with Crippen LogP contribution in [0, 0.1) is 13.0 Å². The summed E-state index contributed by atoms with van der Waals surface area (Å²) in [7, 11) is 0. The van der Waals surface area contributed by atoms with E-state index in [2.05, 4.69) is 16.0 Å². The molecular formula is C8H6ClN2Y-. The molecule has 2 nitrogen and oxygen atoms in total. The molecule has 1 aromatic heterocycles. The predicted molar refractivity (Wildman–Crippen MR) is 44.7 cm³/mol. The number of aromatic nitrogens is 2. The number of H-pyrrole nitrogens is 1. The summed E-state index contributed by atoms with van der Waals surface area (Å²) in [4.78, 5) is 6.97. The number of fused-ring (bicyclic) bond motifs is 1. The van der Waals surface area contributed by atoms with Crippen molar-refractivity contribution in [2.75, 3.05) is 0 Å². The molecule has 0 unspecified atom stereocenters. The Morgan fingerprint density at radius 3 is 3.08 bits per heavy atom. The topological polar surface area (TPSA) is 28.7 Å². The van der Waals surface area contributed by atoms with Crippen LogP contribution in [-0.4, -0.2) is 9.97 Å². The average molecular weight is 255 g/mol. The molecule has 4 heteroatoms. The molecule has 0 aliphatic rings. The van der Waals surface area contributed by atoms with Crippen molar-refractivity contribution in [2.24, 2.45) is 0 Å². The molecule has 59 valence electrons. The Hall–Kier alpha value is 0.0839. The fourth-order valence-corrected chi connectivity index (χ4v) is 1.22. The van der Waals surface area contributed by atoms with Gasteiger partial charge in [-0.2, -0.15) is 11.6 Å². The van der Waals surface area contributed by atoms with Gasteiger partial charge >= 0.3 is 0 Å². The first-order chi connectivity index (χ1) is 5.25. The van der Waals surface area contributed by atoms with E-state index < -0.39 is 0 Å². The number of nitrogens with one attached hydrogen (secondary N) is 1. The zero-order valence-corrected chi connectivity index (χ0v) is 10.2. The van der Waals surface area contributed by atoms with Gasteiger partial charge < -0.3 is 4.98 Å². The molecule has 0 amide bonds. The summed E-state index contributed by atoms with van der Waals surface area (Å²) >= 11 is 5.65. The molecule has 1 radical (unpaired) electrons. The average Bonchev–Trinajstić information content (AvgIpc) is 2.27. The summed E-state index contributed by atoms with van der Waals surface area (Å²) in [6, 6.07) is 6.84. The van der Waals surface area contributed by atoms with Gasteiger partial charge in [-0.1, -0.05) is 6.92 Å². The van der Waals surface area contributed by atoms with E-state index in [1.807, 2.05) is 19.1 Å². The van der Waals surface area contributed by atoms with Crippen molar-refractivity contribution in [1.29, 1.82) is 0 Å². The van der Waals surface area contributed by atoms with Gasteiger partial charge in [0.2, 0.25) is 0 Å². The van der Waals surface area contributed by atoms with E-state index in [-0.39, 0.29) is 32.7 Å². The maximum atomic E-state index is 5.65. The van der Waals surface area contributed by atoms with E-state index in [4.69, 9.17) is 11.6 Å². The van der Waals surface area contributed by atoms with E-state index in [0.29, 0.717) is 5.28 Å². The van der Waals surface area contributed by atoms with Gasteiger partial charge in [0.05, 0.1) is 0 Å². The molecule has 1 N–H and O–H groups in total. The summed E-state index contributed by atoms with van der Waals surface area (Å²) in [5.74, 6) is 0. The molecule has 0 aliphatic heterocycles. The number of aromatic amines is 1. The third-order valence-electron chi connectivity index (χ3n) is 1.53. The van der Waals surface area contributed by atoms with Crippen molar-refractivity contribution in [3.05, 3.63) is 29.0 Å². The van der Waals surface area contributed by atoms with Crippen LogP contribution in [0.25, 0.3) is 11.0 Å². The van der Waals surface area contributed by atoms with Crippen molar-refractivity contribution >= 4 is 22.6 Å². The zero-order chi connectivity index (χ0) is 7.84. The van der Waals surface area contributed by atoms with Gasteiger partial charge in [-0.05, 0) is 22.6 Å². The normalized spacial score (nSPS) is 9.83. The first kappa shape index (κ1) is 10.2. The zero-order valence-electron chi connectivity index (χ0n) is 6.56. The fraction of sp³-hybridized carbons (Fsp3) is 0.125. The van der Waals surface area contributed by atoms with Gasteiger partial charge in [0.25, 0.3) is 0 Å². The van der Waals surface area contributed by atoms with E-state index in [1.54, 1.807) is 0 Å². The Bertz CT molecular complexity index is 397. The first-order valence-electron chi connectivity index (χ1n) is 3.29. The number of halogens is 1. The molecule has 0 spiro atoms. The van der Waals surface area contributed by atoms with Gasteiger partial charge in [-0.25, -0.2) is 0 Å². The van der Waals surface area contributed by atoms with Crippen LogP contribution in [0.2, 0.25) is 5.28 Å². The molecule has 0 saturated heterocycles. The molecule has 0 aliphatic carbocycles. The maximum absolute atomic E-state index is 5.65. The number of hydrogen-bond acceptors (Lipinski definition) is 1. The summed E-state index contributed by atoms with van der Waals surface area (Å²) in [6.07, 6.45) is 0. The molecule has 0 atom stereocenters. The van der Waals surface area contributed by atoms with E-state index >= 15 is 0 Å². The van der Waals surface area contributed by atoms with Crippen LogP contribution in [0.1, 0.15) is 5.56 Å². The Morgan fingerprint density at radius 2 is 2.33 bits per heavy atom. The second-order valence-electron chi connectivity index (χ2n) is 2.44. The number of benzene rings is 1. The van der Waals surface area contributed by atoms with Crippen LogP contribution in [0.15, 0.2) is 12.1 Å². The van der Waals surface area contributed by atoms with E-state index in [0.717, 1.165) is 16.6 Å².